The van der Waals surface area contributed by atoms with Crippen molar-refractivity contribution >= 4 is 5.97 Å². The number of nitrogens with one attached hydrogen (secondary N) is 1. The standard InChI is InChI=1S/C16H24N2O3/c19-16(20)15-7-6-13(8-10-18-15)4-1-2-11-21-14-5-3-9-17-12-14/h3,5,9,12-13,15,18H,1-2,4,6-8,10-11H2,(H,19,20). The van der Waals surface area contributed by atoms with Gasteiger partial charge in [-0.05, 0) is 56.7 Å². The fourth-order valence-electron chi connectivity index (χ4n) is 2.77. The van der Waals surface area contributed by atoms with E-state index in [1.54, 1.807) is 12.4 Å². The highest BCUT2D eigenvalue weighted by Crippen LogP contribution is 2.22. The lowest BCUT2D eigenvalue weighted by Crippen LogP contribution is -2.35. The summed E-state index contributed by atoms with van der Waals surface area (Å²) in [5.41, 5.74) is 0. The fraction of sp³-hybridized carbons (Fsp3) is 0.625. The third-order valence-corrected chi connectivity index (χ3v) is 4.01. The molecule has 1 aromatic rings. The topological polar surface area (TPSA) is 71.5 Å². The van der Waals surface area contributed by atoms with Crippen molar-refractivity contribution in [3.8, 4) is 5.75 Å². The van der Waals surface area contributed by atoms with Crippen LogP contribution in [0.5, 0.6) is 5.75 Å². The zero-order chi connectivity index (χ0) is 14.9. The number of hydrogen-bond donors (Lipinski definition) is 2. The van der Waals surface area contributed by atoms with Crippen LogP contribution in [-0.2, 0) is 4.79 Å². The lowest BCUT2D eigenvalue weighted by molar-refractivity contribution is -0.139. The molecule has 1 aromatic heterocycles. The summed E-state index contributed by atoms with van der Waals surface area (Å²) in [5.74, 6) is 0.737. The van der Waals surface area contributed by atoms with Crippen LogP contribution in [-0.4, -0.2) is 35.3 Å². The Kier molecular flexibility index (Phi) is 6.47. The number of carbonyl (C=O) groups is 1. The van der Waals surface area contributed by atoms with E-state index in [1.807, 2.05) is 12.1 Å². The van der Waals surface area contributed by atoms with E-state index in [2.05, 4.69) is 10.3 Å². The Morgan fingerprint density at radius 1 is 1.38 bits per heavy atom. The molecule has 0 bridgehead atoms. The van der Waals surface area contributed by atoms with Crippen LogP contribution in [0.3, 0.4) is 0 Å². The number of rotatable bonds is 7. The quantitative estimate of drug-likeness (QED) is 0.755. The third kappa shape index (κ3) is 5.71. The van der Waals surface area contributed by atoms with Crippen LogP contribution in [0, 0.1) is 5.92 Å². The molecule has 0 radical (unpaired) electrons. The van der Waals surface area contributed by atoms with Gasteiger partial charge >= 0.3 is 5.97 Å². The lowest BCUT2D eigenvalue weighted by Gasteiger charge is -2.13. The van der Waals surface area contributed by atoms with Gasteiger partial charge < -0.3 is 15.2 Å². The van der Waals surface area contributed by atoms with Crippen molar-refractivity contribution in [2.75, 3.05) is 13.2 Å². The van der Waals surface area contributed by atoms with Gasteiger partial charge in [-0.2, -0.15) is 0 Å². The van der Waals surface area contributed by atoms with E-state index in [4.69, 9.17) is 9.84 Å². The Morgan fingerprint density at radius 3 is 3.05 bits per heavy atom. The number of hydrogen-bond acceptors (Lipinski definition) is 4. The molecule has 1 fully saturated rings. The number of ether oxygens (including phenoxy) is 1. The molecule has 21 heavy (non-hydrogen) atoms. The van der Waals surface area contributed by atoms with Gasteiger partial charge in [-0.25, -0.2) is 0 Å². The third-order valence-electron chi connectivity index (χ3n) is 4.01. The van der Waals surface area contributed by atoms with Gasteiger partial charge in [-0.15, -0.1) is 0 Å². The molecule has 2 heterocycles. The molecule has 2 rings (SSSR count). The molecule has 0 aromatic carbocycles. The highest BCUT2D eigenvalue weighted by molar-refractivity contribution is 5.73. The second-order valence-electron chi connectivity index (χ2n) is 5.61. The molecule has 5 heteroatoms. The zero-order valence-corrected chi connectivity index (χ0v) is 12.3. The average molecular weight is 292 g/mol. The molecule has 0 saturated carbocycles. The van der Waals surface area contributed by atoms with E-state index in [9.17, 15) is 4.79 Å². The molecule has 1 saturated heterocycles. The van der Waals surface area contributed by atoms with E-state index in [0.29, 0.717) is 12.5 Å². The van der Waals surface area contributed by atoms with Gasteiger partial charge in [0.15, 0.2) is 0 Å². The van der Waals surface area contributed by atoms with Gasteiger partial charge in [-0.3, -0.25) is 9.78 Å². The minimum atomic E-state index is -0.722. The Labute approximate surface area is 125 Å². The highest BCUT2D eigenvalue weighted by Gasteiger charge is 2.22. The molecule has 2 atom stereocenters. The zero-order valence-electron chi connectivity index (χ0n) is 12.3. The summed E-state index contributed by atoms with van der Waals surface area (Å²) in [6.07, 6.45) is 9.60. The van der Waals surface area contributed by atoms with E-state index >= 15 is 0 Å². The van der Waals surface area contributed by atoms with Gasteiger partial charge in [0.2, 0.25) is 0 Å². The Bertz CT molecular complexity index is 425. The minimum Gasteiger partial charge on any atom is -0.492 e. The van der Waals surface area contributed by atoms with Crippen molar-refractivity contribution in [1.29, 1.82) is 0 Å². The number of nitrogens with zero attached hydrogens (tertiary/aromatic N) is 1. The summed E-state index contributed by atoms with van der Waals surface area (Å²) in [4.78, 5) is 15.0. The van der Waals surface area contributed by atoms with Crippen molar-refractivity contribution in [2.45, 2.75) is 44.6 Å². The maximum absolute atomic E-state index is 11.0. The summed E-state index contributed by atoms with van der Waals surface area (Å²) >= 11 is 0. The first-order valence-corrected chi connectivity index (χ1v) is 7.74. The van der Waals surface area contributed by atoms with Crippen molar-refractivity contribution < 1.29 is 14.6 Å². The van der Waals surface area contributed by atoms with Crippen LogP contribution in [0.4, 0.5) is 0 Å². The van der Waals surface area contributed by atoms with Crippen LogP contribution in [0.1, 0.15) is 38.5 Å². The van der Waals surface area contributed by atoms with Gasteiger partial charge in [0.25, 0.3) is 0 Å². The Balaban J connectivity index is 1.57. The monoisotopic (exact) mass is 292 g/mol. The van der Waals surface area contributed by atoms with Crippen molar-refractivity contribution in [3.63, 3.8) is 0 Å². The number of aliphatic carboxylic acids is 1. The summed E-state index contributed by atoms with van der Waals surface area (Å²) < 4.78 is 5.62. The molecule has 0 amide bonds. The number of aromatic nitrogens is 1. The summed E-state index contributed by atoms with van der Waals surface area (Å²) in [6, 6.07) is 3.42. The molecule has 2 N–H and O–H groups in total. The van der Waals surface area contributed by atoms with Gasteiger partial charge in [-0.1, -0.05) is 6.42 Å². The second kappa shape index (κ2) is 8.62. The molecular weight excluding hydrogens is 268 g/mol. The van der Waals surface area contributed by atoms with Gasteiger partial charge in [0.1, 0.15) is 11.8 Å². The normalized spacial score (nSPS) is 22.5. The van der Waals surface area contributed by atoms with Crippen LogP contribution < -0.4 is 10.1 Å². The van der Waals surface area contributed by atoms with Gasteiger partial charge in [0.05, 0.1) is 12.8 Å². The van der Waals surface area contributed by atoms with Crippen LogP contribution >= 0.6 is 0 Å². The van der Waals surface area contributed by atoms with E-state index in [0.717, 1.165) is 50.8 Å². The molecule has 2 unspecified atom stereocenters. The van der Waals surface area contributed by atoms with E-state index in [-0.39, 0.29) is 6.04 Å². The number of carboxylic acids is 1. The first-order valence-electron chi connectivity index (χ1n) is 7.74. The molecule has 1 aliphatic heterocycles. The van der Waals surface area contributed by atoms with E-state index in [1.165, 1.54) is 0 Å². The molecule has 1 aliphatic rings. The van der Waals surface area contributed by atoms with Crippen molar-refractivity contribution in [1.82, 2.24) is 10.3 Å². The molecule has 0 aliphatic carbocycles. The van der Waals surface area contributed by atoms with Crippen LogP contribution in [0.2, 0.25) is 0 Å². The number of carboxylic acid groups (broad SMARTS) is 1. The molecule has 5 nitrogen and oxygen atoms in total. The van der Waals surface area contributed by atoms with Gasteiger partial charge in [0, 0.05) is 6.20 Å². The SMILES string of the molecule is O=C(O)C1CCC(CCCCOc2cccnc2)CCN1. The maximum atomic E-state index is 11.0. The Morgan fingerprint density at radius 2 is 2.29 bits per heavy atom. The Hall–Kier alpha value is -1.62. The van der Waals surface area contributed by atoms with E-state index < -0.39 is 5.97 Å². The summed E-state index contributed by atoms with van der Waals surface area (Å²) in [7, 11) is 0. The summed E-state index contributed by atoms with van der Waals surface area (Å²) in [6.45, 7) is 1.53. The second-order valence-corrected chi connectivity index (χ2v) is 5.61. The molecule has 116 valence electrons. The average Bonchev–Trinajstić information content (AvgIpc) is 2.74. The molecule has 0 spiro atoms. The first-order chi connectivity index (χ1) is 10.3. The van der Waals surface area contributed by atoms with Crippen LogP contribution in [0.15, 0.2) is 24.5 Å². The van der Waals surface area contributed by atoms with Crippen molar-refractivity contribution in [2.24, 2.45) is 5.92 Å². The predicted molar refractivity (Wildman–Crippen MR) is 80.4 cm³/mol. The lowest BCUT2D eigenvalue weighted by atomic mass is 9.93. The minimum absolute atomic E-state index is 0.357. The van der Waals surface area contributed by atoms with Crippen LogP contribution in [0.25, 0.3) is 0 Å². The maximum Gasteiger partial charge on any atom is 0.320 e. The largest absolute Gasteiger partial charge is 0.492 e. The highest BCUT2D eigenvalue weighted by atomic mass is 16.5. The predicted octanol–water partition coefficient (Wildman–Crippen LogP) is 2.47. The fourth-order valence-corrected chi connectivity index (χ4v) is 2.77. The van der Waals surface area contributed by atoms with Crippen molar-refractivity contribution in [3.05, 3.63) is 24.5 Å². The smallest absolute Gasteiger partial charge is 0.320 e. The first kappa shape index (κ1) is 15.8. The number of pyridine rings is 1. The molecular formula is C16H24N2O3. The summed E-state index contributed by atoms with van der Waals surface area (Å²) in [5, 5.41) is 12.1. The number of unbranched alkanes of at least 4 members (excludes halogenated alkanes) is 1.